The third-order valence-corrected chi connectivity index (χ3v) is 6.14. The minimum atomic E-state index is 0.121. The molecule has 0 atom stereocenters. The molecule has 4 heterocycles. The summed E-state index contributed by atoms with van der Waals surface area (Å²) < 4.78 is 5.72. The standard InChI is InChI=1S/C21H31N7O2/c1-15-16(2)30-20(25-15)12-27-6-4-17(5-7-27)11-22-18-10-19(24-14-23-18)28-9-8-26(3)21(29)13-28/h10,14,17H,4-9,11-13H2,1-3H3,(H,22,23,24). The molecule has 30 heavy (non-hydrogen) atoms. The molecule has 2 aliphatic rings. The van der Waals surface area contributed by atoms with Crippen LogP contribution in [0, 0.1) is 19.8 Å². The van der Waals surface area contributed by atoms with Crippen molar-refractivity contribution >= 4 is 17.5 Å². The van der Waals surface area contributed by atoms with Crippen molar-refractivity contribution < 1.29 is 9.21 Å². The lowest BCUT2D eigenvalue weighted by Gasteiger charge is -2.33. The van der Waals surface area contributed by atoms with Gasteiger partial charge in [0.25, 0.3) is 0 Å². The van der Waals surface area contributed by atoms with Gasteiger partial charge in [0.2, 0.25) is 11.8 Å². The molecule has 9 nitrogen and oxygen atoms in total. The number of piperazine rings is 1. The van der Waals surface area contributed by atoms with Crippen molar-refractivity contribution in [1.29, 1.82) is 0 Å². The molecule has 0 aliphatic carbocycles. The highest BCUT2D eigenvalue weighted by atomic mass is 16.4. The van der Waals surface area contributed by atoms with Crippen molar-refractivity contribution in [2.24, 2.45) is 5.92 Å². The fourth-order valence-corrected chi connectivity index (χ4v) is 3.97. The van der Waals surface area contributed by atoms with Crippen molar-refractivity contribution in [2.45, 2.75) is 33.2 Å². The van der Waals surface area contributed by atoms with Gasteiger partial charge in [0.05, 0.1) is 18.8 Å². The Balaban J connectivity index is 1.24. The van der Waals surface area contributed by atoms with E-state index in [4.69, 9.17) is 4.42 Å². The lowest BCUT2D eigenvalue weighted by molar-refractivity contribution is -0.129. The summed E-state index contributed by atoms with van der Waals surface area (Å²) in [6.07, 6.45) is 3.84. The number of nitrogens with zero attached hydrogens (tertiary/aromatic N) is 6. The topological polar surface area (TPSA) is 90.6 Å². The lowest BCUT2D eigenvalue weighted by Crippen LogP contribution is -2.48. The third kappa shape index (κ3) is 4.89. The van der Waals surface area contributed by atoms with E-state index in [1.54, 1.807) is 11.2 Å². The summed E-state index contributed by atoms with van der Waals surface area (Å²) in [6, 6.07) is 1.95. The van der Waals surface area contributed by atoms with Gasteiger partial charge in [-0.25, -0.2) is 15.0 Å². The number of likely N-dealkylation sites (tertiary alicyclic amines) is 1. The van der Waals surface area contributed by atoms with Crippen LogP contribution >= 0.6 is 0 Å². The van der Waals surface area contributed by atoms with Crippen LogP contribution in [0.4, 0.5) is 11.6 Å². The van der Waals surface area contributed by atoms with Crippen LogP contribution in [0.2, 0.25) is 0 Å². The summed E-state index contributed by atoms with van der Waals surface area (Å²) in [5, 5.41) is 3.47. The normalized spacial score (nSPS) is 18.8. The van der Waals surface area contributed by atoms with Gasteiger partial charge in [0.1, 0.15) is 23.7 Å². The van der Waals surface area contributed by atoms with Crippen LogP contribution in [0.3, 0.4) is 0 Å². The van der Waals surface area contributed by atoms with Gasteiger partial charge in [-0.2, -0.15) is 0 Å². The Bertz CT molecular complexity index is 856. The number of hydrogen-bond donors (Lipinski definition) is 1. The second kappa shape index (κ2) is 8.99. The van der Waals surface area contributed by atoms with E-state index in [0.717, 1.165) is 81.1 Å². The molecule has 0 aromatic carbocycles. The number of anilines is 2. The van der Waals surface area contributed by atoms with Gasteiger partial charge in [0.15, 0.2) is 0 Å². The monoisotopic (exact) mass is 413 g/mol. The lowest BCUT2D eigenvalue weighted by atomic mass is 9.97. The van der Waals surface area contributed by atoms with Crippen LogP contribution in [0.15, 0.2) is 16.8 Å². The number of nitrogens with one attached hydrogen (secondary N) is 1. The summed E-state index contributed by atoms with van der Waals surface area (Å²) in [5.74, 6) is 4.08. The minimum absolute atomic E-state index is 0.121. The maximum Gasteiger partial charge on any atom is 0.241 e. The molecular formula is C21H31N7O2. The Morgan fingerprint density at radius 2 is 1.97 bits per heavy atom. The molecule has 4 rings (SSSR count). The number of carbonyl (C=O) groups excluding carboxylic acids is 1. The van der Waals surface area contributed by atoms with Crippen LogP contribution in [-0.4, -0.2) is 77.0 Å². The summed E-state index contributed by atoms with van der Waals surface area (Å²) in [5.41, 5.74) is 0.981. The van der Waals surface area contributed by atoms with Crippen molar-refractivity contribution in [1.82, 2.24) is 24.8 Å². The average molecular weight is 414 g/mol. The van der Waals surface area contributed by atoms with Crippen LogP contribution in [-0.2, 0) is 11.3 Å². The van der Waals surface area contributed by atoms with Gasteiger partial charge in [0, 0.05) is 32.7 Å². The quantitative estimate of drug-likeness (QED) is 0.765. The summed E-state index contributed by atoms with van der Waals surface area (Å²) in [4.78, 5) is 31.4. The number of amides is 1. The van der Waals surface area contributed by atoms with E-state index in [9.17, 15) is 4.79 Å². The second-order valence-electron chi connectivity index (χ2n) is 8.35. The summed E-state index contributed by atoms with van der Waals surface area (Å²) in [7, 11) is 1.84. The zero-order valence-corrected chi connectivity index (χ0v) is 18.1. The van der Waals surface area contributed by atoms with Crippen molar-refractivity contribution in [3.8, 4) is 0 Å². The van der Waals surface area contributed by atoms with E-state index in [0.29, 0.717) is 12.5 Å². The fraction of sp³-hybridized carbons (Fsp3) is 0.619. The zero-order chi connectivity index (χ0) is 21.1. The molecule has 1 N–H and O–H groups in total. The first kappa shape index (κ1) is 20.6. The van der Waals surface area contributed by atoms with E-state index in [2.05, 4.69) is 25.2 Å². The van der Waals surface area contributed by atoms with Gasteiger partial charge in [-0.15, -0.1) is 0 Å². The van der Waals surface area contributed by atoms with E-state index < -0.39 is 0 Å². The Kier molecular flexibility index (Phi) is 6.17. The zero-order valence-electron chi connectivity index (χ0n) is 18.1. The van der Waals surface area contributed by atoms with Crippen molar-refractivity contribution in [2.75, 3.05) is 56.5 Å². The van der Waals surface area contributed by atoms with Gasteiger partial charge >= 0.3 is 0 Å². The summed E-state index contributed by atoms with van der Waals surface area (Å²) in [6.45, 7) is 9.60. The van der Waals surface area contributed by atoms with Crippen LogP contribution in [0.1, 0.15) is 30.2 Å². The van der Waals surface area contributed by atoms with E-state index in [1.807, 2.05) is 31.9 Å². The smallest absolute Gasteiger partial charge is 0.241 e. The maximum atomic E-state index is 12.0. The van der Waals surface area contributed by atoms with Crippen LogP contribution in [0.5, 0.6) is 0 Å². The number of carbonyl (C=O) groups is 1. The molecule has 2 aromatic heterocycles. The number of piperidine rings is 1. The Morgan fingerprint density at radius 1 is 1.17 bits per heavy atom. The predicted molar refractivity (Wildman–Crippen MR) is 114 cm³/mol. The van der Waals surface area contributed by atoms with Crippen LogP contribution in [0.25, 0.3) is 0 Å². The molecule has 9 heteroatoms. The van der Waals surface area contributed by atoms with Gasteiger partial charge in [-0.05, 0) is 45.7 Å². The number of oxazole rings is 1. The molecule has 0 unspecified atom stereocenters. The molecule has 0 bridgehead atoms. The molecule has 2 aliphatic heterocycles. The first-order chi connectivity index (χ1) is 14.5. The molecule has 162 valence electrons. The fourth-order valence-electron chi connectivity index (χ4n) is 3.97. The number of hydrogen-bond acceptors (Lipinski definition) is 8. The Labute approximate surface area is 177 Å². The molecule has 2 saturated heterocycles. The van der Waals surface area contributed by atoms with Crippen LogP contribution < -0.4 is 10.2 Å². The largest absolute Gasteiger partial charge is 0.444 e. The van der Waals surface area contributed by atoms with Gasteiger partial charge in [-0.3, -0.25) is 9.69 Å². The molecular weight excluding hydrogens is 382 g/mol. The number of rotatable bonds is 6. The molecule has 2 fully saturated rings. The molecule has 1 amide bonds. The highest BCUT2D eigenvalue weighted by Crippen LogP contribution is 2.21. The van der Waals surface area contributed by atoms with E-state index in [1.165, 1.54) is 0 Å². The van der Waals surface area contributed by atoms with Gasteiger partial charge < -0.3 is 19.5 Å². The molecule has 0 radical (unpaired) electrons. The van der Waals surface area contributed by atoms with Gasteiger partial charge in [-0.1, -0.05) is 0 Å². The highest BCUT2D eigenvalue weighted by molar-refractivity contribution is 5.82. The minimum Gasteiger partial charge on any atom is -0.444 e. The number of aryl methyl sites for hydroxylation is 2. The average Bonchev–Trinajstić information content (AvgIpc) is 3.06. The molecule has 2 aromatic rings. The highest BCUT2D eigenvalue weighted by Gasteiger charge is 2.23. The van der Waals surface area contributed by atoms with E-state index in [-0.39, 0.29) is 5.91 Å². The SMILES string of the molecule is Cc1nc(CN2CCC(CNc3cc(N4CCN(C)C(=O)C4)ncn3)CC2)oc1C. The summed E-state index contributed by atoms with van der Waals surface area (Å²) >= 11 is 0. The first-order valence-corrected chi connectivity index (χ1v) is 10.7. The molecule has 0 saturated carbocycles. The third-order valence-electron chi connectivity index (χ3n) is 6.14. The predicted octanol–water partition coefficient (Wildman–Crippen LogP) is 1.68. The first-order valence-electron chi connectivity index (χ1n) is 10.7. The number of aromatic nitrogens is 3. The van der Waals surface area contributed by atoms with E-state index >= 15 is 0 Å². The van der Waals surface area contributed by atoms with Crippen molar-refractivity contribution in [3.63, 3.8) is 0 Å². The Morgan fingerprint density at radius 3 is 2.67 bits per heavy atom. The number of likely N-dealkylation sites (N-methyl/N-ethyl adjacent to an activating group) is 1. The Hall–Kier alpha value is -2.68. The molecule has 0 spiro atoms. The maximum absolute atomic E-state index is 12.0. The van der Waals surface area contributed by atoms with Crippen molar-refractivity contribution in [3.05, 3.63) is 29.7 Å². The second-order valence-corrected chi connectivity index (χ2v) is 8.35.